The lowest BCUT2D eigenvalue weighted by molar-refractivity contribution is -0.119. The molecule has 2 aliphatic heterocycles. The second-order valence-corrected chi connectivity index (χ2v) is 7.73. The van der Waals surface area contributed by atoms with Gasteiger partial charge in [-0.3, -0.25) is 9.59 Å². The number of halogens is 1. The summed E-state index contributed by atoms with van der Waals surface area (Å²) in [5.41, 5.74) is 1.78. The summed E-state index contributed by atoms with van der Waals surface area (Å²) in [7, 11) is 0. The summed E-state index contributed by atoms with van der Waals surface area (Å²) in [6.45, 7) is 1.34. The van der Waals surface area contributed by atoms with Crippen molar-refractivity contribution in [3.63, 3.8) is 0 Å². The second kappa shape index (κ2) is 6.22. The molecule has 1 aromatic heterocycles. The number of benzene rings is 1. The number of thiophene rings is 1. The molecular formula is C18H17ClN2O2S. The number of nitrogens with zero attached hydrogens (tertiary/aromatic N) is 1. The minimum atomic E-state index is 0.0473. The van der Waals surface area contributed by atoms with E-state index < -0.39 is 0 Å². The van der Waals surface area contributed by atoms with E-state index in [-0.39, 0.29) is 17.9 Å². The average molecular weight is 361 g/mol. The molecule has 1 N–H and O–H groups in total. The van der Waals surface area contributed by atoms with Gasteiger partial charge in [0, 0.05) is 40.8 Å². The van der Waals surface area contributed by atoms with Crippen molar-refractivity contribution in [2.45, 2.75) is 18.9 Å². The fraction of sp³-hybridized carbons (Fsp3) is 0.333. The molecule has 0 aliphatic carbocycles. The summed E-state index contributed by atoms with van der Waals surface area (Å²) in [6, 6.07) is 9.68. The van der Waals surface area contributed by atoms with Crippen molar-refractivity contribution < 1.29 is 9.59 Å². The van der Waals surface area contributed by atoms with Crippen molar-refractivity contribution in [3.05, 3.63) is 46.3 Å². The number of carbonyl (C=O) groups is 2. The number of carbonyl (C=O) groups excluding carboxylic acids is 2. The summed E-state index contributed by atoms with van der Waals surface area (Å²) >= 11 is 7.48. The van der Waals surface area contributed by atoms with Crippen LogP contribution in [0.15, 0.2) is 35.7 Å². The Bertz CT molecular complexity index is 787. The zero-order chi connectivity index (χ0) is 16.7. The number of hydrogen-bond donors (Lipinski definition) is 1. The Morgan fingerprint density at radius 3 is 2.88 bits per heavy atom. The van der Waals surface area contributed by atoms with E-state index >= 15 is 0 Å². The third-order valence-corrected chi connectivity index (χ3v) is 6.04. The van der Waals surface area contributed by atoms with E-state index in [4.69, 9.17) is 11.6 Å². The van der Waals surface area contributed by atoms with Crippen molar-refractivity contribution >= 4 is 34.8 Å². The SMILES string of the molecule is O=C1C[C@H]2CCN(C(=O)c3csc(-c4ccc(Cl)cc4)c3)C[C@H]2N1. The molecule has 3 heterocycles. The molecule has 2 amide bonds. The summed E-state index contributed by atoms with van der Waals surface area (Å²) in [5, 5.41) is 5.60. The number of nitrogens with one attached hydrogen (secondary N) is 1. The molecule has 2 fully saturated rings. The molecule has 24 heavy (non-hydrogen) atoms. The molecule has 2 atom stereocenters. The number of likely N-dealkylation sites (tertiary alicyclic amines) is 1. The van der Waals surface area contributed by atoms with Crippen LogP contribution in [0.5, 0.6) is 0 Å². The number of fused-ring (bicyclic) bond motifs is 1. The van der Waals surface area contributed by atoms with Gasteiger partial charge in [-0.25, -0.2) is 0 Å². The third kappa shape index (κ3) is 2.94. The van der Waals surface area contributed by atoms with Gasteiger partial charge < -0.3 is 10.2 Å². The molecule has 2 saturated heterocycles. The highest BCUT2D eigenvalue weighted by molar-refractivity contribution is 7.13. The van der Waals surface area contributed by atoms with Gasteiger partial charge in [0.1, 0.15) is 0 Å². The van der Waals surface area contributed by atoms with Crippen molar-refractivity contribution in [2.24, 2.45) is 5.92 Å². The topological polar surface area (TPSA) is 49.4 Å². The molecule has 4 rings (SSSR count). The first-order chi connectivity index (χ1) is 11.6. The predicted molar refractivity (Wildman–Crippen MR) is 95.3 cm³/mol. The molecular weight excluding hydrogens is 344 g/mol. The molecule has 6 heteroatoms. The van der Waals surface area contributed by atoms with Crippen LogP contribution in [0, 0.1) is 5.92 Å². The first kappa shape index (κ1) is 15.7. The third-order valence-electron chi connectivity index (χ3n) is 4.81. The number of hydrogen-bond acceptors (Lipinski definition) is 3. The van der Waals surface area contributed by atoms with Gasteiger partial charge in [-0.2, -0.15) is 0 Å². The summed E-state index contributed by atoms with van der Waals surface area (Å²) < 4.78 is 0. The molecule has 0 saturated carbocycles. The van der Waals surface area contributed by atoms with Crippen molar-refractivity contribution in [1.29, 1.82) is 0 Å². The first-order valence-corrected chi connectivity index (χ1v) is 9.29. The molecule has 1 aromatic carbocycles. The van der Waals surface area contributed by atoms with Gasteiger partial charge in [-0.15, -0.1) is 11.3 Å². The van der Waals surface area contributed by atoms with E-state index in [9.17, 15) is 9.59 Å². The quantitative estimate of drug-likeness (QED) is 0.892. The summed E-state index contributed by atoms with van der Waals surface area (Å²) in [4.78, 5) is 27.2. The first-order valence-electron chi connectivity index (χ1n) is 8.03. The minimum absolute atomic E-state index is 0.0473. The number of amides is 2. The van der Waals surface area contributed by atoms with Gasteiger partial charge in [0.2, 0.25) is 5.91 Å². The lowest BCUT2D eigenvalue weighted by Crippen LogP contribution is -2.49. The Balaban J connectivity index is 1.49. The van der Waals surface area contributed by atoms with E-state index in [1.807, 2.05) is 40.6 Å². The van der Waals surface area contributed by atoms with Gasteiger partial charge in [-0.1, -0.05) is 23.7 Å². The lowest BCUT2D eigenvalue weighted by atomic mass is 9.92. The molecule has 0 radical (unpaired) electrons. The Kier molecular flexibility index (Phi) is 4.06. The molecule has 0 unspecified atom stereocenters. The summed E-state index contributed by atoms with van der Waals surface area (Å²) in [6.07, 6.45) is 1.50. The smallest absolute Gasteiger partial charge is 0.254 e. The fourth-order valence-corrected chi connectivity index (χ4v) is 4.51. The Labute approximate surface area is 149 Å². The molecule has 4 nitrogen and oxygen atoms in total. The van der Waals surface area contributed by atoms with Crippen LogP contribution in [0.2, 0.25) is 5.02 Å². The second-order valence-electron chi connectivity index (χ2n) is 6.38. The molecule has 124 valence electrons. The van der Waals surface area contributed by atoms with Crippen LogP contribution in [0.1, 0.15) is 23.2 Å². The van der Waals surface area contributed by atoms with Crippen molar-refractivity contribution in [2.75, 3.05) is 13.1 Å². The largest absolute Gasteiger partial charge is 0.351 e. The van der Waals surface area contributed by atoms with Crippen molar-refractivity contribution in [1.82, 2.24) is 10.2 Å². The maximum Gasteiger partial charge on any atom is 0.254 e. The van der Waals surface area contributed by atoms with Crippen LogP contribution in [0.4, 0.5) is 0 Å². The monoisotopic (exact) mass is 360 g/mol. The standard InChI is InChI=1S/C18H17ClN2O2S/c19-14-3-1-11(2-4-14)16-7-13(10-24-16)18(23)21-6-5-12-8-17(22)20-15(12)9-21/h1-4,7,10,12,15H,5-6,8-9H2,(H,20,22)/t12-,15-/m1/s1. The van der Waals surface area contributed by atoms with Crippen LogP contribution in [0.25, 0.3) is 10.4 Å². The van der Waals surface area contributed by atoms with E-state index in [0.29, 0.717) is 29.5 Å². The van der Waals surface area contributed by atoms with E-state index in [1.54, 1.807) is 11.3 Å². The molecule has 0 bridgehead atoms. The minimum Gasteiger partial charge on any atom is -0.351 e. The van der Waals surface area contributed by atoms with Gasteiger partial charge >= 0.3 is 0 Å². The average Bonchev–Trinajstić information content (AvgIpc) is 3.20. The molecule has 0 spiro atoms. The highest BCUT2D eigenvalue weighted by Gasteiger charge is 2.38. The molecule has 2 aromatic rings. The van der Waals surface area contributed by atoms with Gasteiger partial charge in [-0.05, 0) is 36.1 Å². The Morgan fingerprint density at radius 1 is 1.29 bits per heavy atom. The van der Waals surface area contributed by atoms with E-state index in [0.717, 1.165) is 23.4 Å². The molecule has 2 aliphatic rings. The maximum atomic E-state index is 12.8. The highest BCUT2D eigenvalue weighted by atomic mass is 35.5. The zero-order valence-electron chi connectivity index (χ0n) is 13.0. The van der Waals surface area contributed by atoms with Crippen LogP contribution in [-0.4, -0.2) is 35.8 Å². The van der Waals surface area contributed by atoms with Crippen LogP contribution < -0.4 is 5.32 Å². The Hall–Kier alpha value is -1.85. The fourth-order valence-electron chi connectivity index (χ4n) is 3.49. The highest BCUT2D eigenvalue weighted by Crippen LogP contribution is 2.31. The van der Waals surface area contributed by atoms with Gasteiger partial charge in [0.25, 0.3) is 5.91 Å². The lowest BCUT2D eigenvalue weighted by Gasteiger charge is -2.34. The van der Waals surface area contributed by atoms with Gasteiger partial charge in [0.15, 0.2) is 0 Å². The van der Waals surface area contributed by atoms with Crippen molar-refractivity contribution in [3.8, 4) is 10.4 Å². The van der Waals surface area contributed by atoms with Crippen LogP contribution in [-0.2, 0) is 4.79 Å². The van der Waals surface area contributed by atoms with Gasteiger partial charge in [0.05, 0.1) is 5.56 Å². The number of piperidine rings is 1. The van der Waals surface area contributed by atoms with E-state index in [1.165, 1.54) is 0 Å². The maximum absolute atomic E-state index is 12.8. The predicted octanol–water partition coefficient (Wildman–Crippen LogP) is 3.42. The number of rotatable bonds is 2. The van der Waals surface area contributed by atoms with Crippen LogP contribution in [0.3, 0.4) is 0 Å². The summed E-state index contributed by atoms with van der Waals surface area (Å²) in [5.74, 6) is 0.541. The zero-order valence-corrected chi connectivity index (χ0v) is 14.6. The normalized spacial score (nSPS) is 23.0. The Morgan fingerprint density at radius 2 is 2.08 bits per heavy atom. The van der Waals surface area contributed by atoms with Crippen LogP contribution >= 0.6 is 22.9 Å². The van der Waals surface area contributed by atoms with E-state index in [2.05, 4.69) is 5.32 Å².